The van der Waals surface area contributed by atoms with E-state index in [0.717, 1.165) is 68.6 Å². The van der Waals surface area contributed by atoms with Gasteiger partial charge >= 0.3 is 0 Å². The molecule has 0 aromatic carbocycles. The van der Waals surface area contributed by atoms with Gasteiger partial charge in [-0.05, 0) is 45.5 Å². The van der Waals surface area contributed by atoms with Gasteiger partial charge in [0.2, 0.25) is 0 Å². The van der Waals surface area contributed by atoms with Gasteiger partial charge in [0.1, 0.15) is 5.82 Å². The minimum absolute atomic E-state index is 0.147. The van der Waals surface area contributed by atoms with Crippen molar-refractivity contribution in [2.45, 2.75) is 39.3 Å². The highest BCUT2D eigenvalue weighted by atomic mass is 15.3. The number of hydrogen-bond acceptors (Lipinski definition) is 6. The molecule has 2 aromatic heterocycles. The first-order valence-corrected chi connectivity index (χ1v) is 9.59. The minimum Gasteiger partial charge on any atom is -0.353 e. The lowest BCUT2D eigenvalue weighted by Gasteiger charge is -2.47. The van der Waals surface area contributed by atoms with Gasteiger partial charge in [-0.2, -0.15) is 0 Å². The predicted octanol–water partition coefficient (Wildman–Crippen LogP) is 2.10. The summed E-state index contributed by atoms with van der Waals surface area (Å²) in [6.45, 7) is 12.9. The lowest BCUT2D eigenvalue weighted by atomic mass is 9.97. The third-order valence-corrected chi connectivity index (χ3v) is 5.61. The van der Waals surface area contributed by atoms with Gasteiger partial charge in [-0.25, -0.2) is 9.97 Å². The van der Waals surface area contributed by atoms with Crippen molar-refractivity contribution in [3.8, 4) is 11.4 Å². The highest BCUT2D eigenvalue weighted by Crippen LogP contribution is 2.31. The van der Waals surface area contributed by atoms with E-state index in [0.29, 0.717) is 0 Å². The summed E-state index contributed by atoms with van der Waals surface area (Å²) in [5, 5.41) is 3.45. The molecule has 2 aliphatic rings. The smallest absolute Gasteiger partial charge is 0.161 e. The lowest BCUT2D eigenvalue weighted by molar-refractivity contribution is 0.111. The Hall–Kier alpha value is -2.05. The zero-order valence-corrected chi connectivity index (χ0v) is 16.0. The van der Waals surface area contributed by atoms with Crippen molar-refractivity contribution in [2.24, 2.45) is 0 Å². The van der Waals surface area contributed by atoms with Crippen LogP contribution in [0.3, 0.4) is 0 Å². The second-order valence-electron chi connectivity index (χ2n) is 7.77. The van der Waals surface area contributed by atoms with Crippen molar-refractivity contribution in [1.82, 2.24) is 25.2 Å². The maximum absolute atomic E-state index is 5.04. The summed E-state index contributed by atoms with van der Waals surface area (Å²) in [5.74, 6) is 1.94. The van der Waals surface area contributed by atoms with Crippen LogP contribution in [0.5, 0.6) is 0 Å². The molecule has 0 radical (unpaired) electrons. The standard InChI is InChI=1S/C20H28N6/c1-4-26-12-11-25(14-20(26,2)3)19-16-7-10-22-13-17(16)23-18(24-19)15-5-8-21-9-6-15/h5-6,8-9,22H,4,7,10-14H2,1-3H3. The number of aromatic nitrogens is 3. The van der Waals surface area contributed by atoms with E-state index in [4.69, 9.17) is 9.97 Å². The molecule has 2 aromatic rings. The molecule has 0 unspecified atom stereocenters. The van der Waals surface area contributed by atoms with Crippen LogP contribution in [0.1, 0.15) is 32.0 Å². The van der Waals surface area contributed by atoms with Gasteiger partial charge in [-0.15, -0.1) is 0 Å². The van der Waals surface area contributed by atoms with E-state index in [1.807, 2.05) is 12.1 Å². The number of nitrogens with zero attached hydrogens (tertiary/aromatic N) is 5. The molecule has 0 spiro atoms. The van der Waals surface area contributed by atoms with Crippen molar-refractivity contribution in [1.29, 1.82) is 0 Å². The zero-order chi connectivity index (χ0) is 18.1. The molecule has 0 amide bonds. The Morgan fingerprint density at radius 1 is 1.15 bits per heavy atom. The van der Waals surface area contributed by atoms with Crippen LogP contribution < -0.4 is 10.2 Å². The van der Waals surface area contributed by atoms with Crippen LogP contribution in [0, 0.1) is 0 Å². The van der Waals surface area contributed by atoms with Crippen LogP contribution in [-0.2, 0) is 13.0 Å². The van der Waals surface area contributed by atoms with Crippen LogP contribution in [-0.4, -0.2) is 58.1 Å². The minimum atomic E-state index is 0.147. The molecule has 6 nitrogen and oxygen atoms in total. The van der Waals surface area contributed by atoms with Gasteiger partial charge in [-0.1, -0.05) is 6.92 Å². The summed E-state index contributed by atoms with van der Waals surface area (Å²) in [6, 6.07) is 3.97. The van der Waals surface area contributed by atoms with Gasteiger partial charge in [0.25, 0.3) is 0 Å². The average Bonchev–Trinajstić information content (AvgIpc) is 2.67. The van der Waals surface area contributed by atoms with E-state index in [1.54, 1.807) is 12.4 Å². The largest absolute Gasteiger partial charge is 0.353 e. The fraction of sp³-hybridized carbons (Fsp3) is 0.550. The summed E-state index contributed by atoms with van der Waals surface area (Å²) < 4.78 is 0. The molecule has 4 rings (SSSR count). The van der Waals surface area contributed by atoms with Crippen molar-refractivity contribution < 1.29 is 0 Å². The molecule has 26 heavy (non-hydrogen) atoms. The first-order chi connectivity index (χ1) is 12.6. The normalized spacial score (nSPS) is 20.0. The monoisotopic (exact) mass is 352 g/mol. The summed E-state index contributed by atoms with van der Waals surface area (Å²) in [5.41, 5.74) is 3.64. The highest BCUT2D eigenvalue weighted by molar-refractivity contribution is 5.61. The molecule has 138 valence electrons. The zero-order valence-electron chi connectivity index (χ0n) is 16.0. The van der Waals surface area contributed by atoms with E-state index in [9.17, 15) is 0 Å². The van der Waals surface area contributed by atoms with E-state index >= 15 is 0 Å². The molecule has 0 aliphatic carbocycles. The van der Waals surface area contributed by atoms with E-state index < -0.39 is 0 Å². The Bertz CT molecular complexity index is 773. The molecule has 0 bridgehead atoms. The Kier molecular flexibility index (Phi) is 4.63. The summed E-state index contributed by atoms with van der Waals surface area (Å²) >= 11 is 0. The number of piperazine rings is 1. The topological polar surface area (TPSA) is 57.2 Å². The first-order valence-electron chi connectivity index (χ1n) is 9.59. The average molecular weight is 352 g/mol. The number of likely N-dealkylation sites (N-methyl/N-ethyl adjacent to an activating group) is 1. The number of pyridine rings is 1. The van der Waals surface area contributed by atoms with Crippen LogP contribution in [0.2, 0.25) is 0 Å². The maximum Gasteiger partial charge on any atom is 0.161 e. The summed E-state index contributed by atoms with van der Waals surface area (Å²) in [7, 11) is 0. The second-order valence-corrected chi connectivity index (χ2v) is 7.77. The second kappa shape index (κ2) is 6.93. The Morgan fingerprint density at radius 2 is 1.96 bits per heavy atom. The maximum atomic E-state index is 5.04. The molecule has 1 saturated heterocycles. The van der Waals surface area contributed by atoms with Gasteiger partial charge in [0.15, 0.2) is 5.82 Å². The quantitative estimate of drug-likeness (QED) is 0.913. The first kappa shape index (κ1) is 17.4. The summed E-state index contributed by atoms with van der Waals surface area (Å²) in [6.07, 6.45) is 4.61. The number of hydrogen-bond donors (Lipinski definition) is 1. The van der Waals surface area contributed by atoms with Crippen LogP contribution >= 0.6 is 0 Å². The fourth-order valence-electron chi connectivity index (χ4n) is 4.19. The lowest BCUT2D eigenvalue weighted by Crippen LogP contribution is -2.59. The number of nitrogens with one attached hydrogen (secondary N) is 1. The SMILES string of the molecule is CCN1CCN(c2nc(-c3ccncc3)nc3c2CCNC3)CC1(C)C. The molecular weight excluding hydrogens is 324 g/mol. The third kappa shape index (κ3) is 3.19. The molecule has 6 heteroatoms. The Morgan fingerprint density at radius 3 is 2.69 bits per heavy atom. The Balaban J connectivity index is 1.75. The van der Waals surface area contributed by atoms with E-state index in [-0.39, 0.29) is 5.54 Å². The Labute approximate surface area is 155 Å². The highest BCUT2D eigenvalue weighted by Gasteiger charge is 2.34. The van der Waals surface area contributed by atoms with Gasteiger partial charge in [-0.3, -0.25) is 9.88 Å². The van der Waals surface area contributed by atoms with Gasteiger partial charge < -0.3 is 10.2 Å². The number of rotatable bonds is 3. The van der Waals surface area contributed by atoms with Crippen molar-refractivity contribution in [2.75, 3.05) is 37.6 Å². The van der Waals surface area contributed by atoms with Crippen LogP contribution in [0.15, 0.2) is 24.5 Å². The number of fused-ring (bicyclic) bond motifs is 1. The van der Waals surface area contributed by atoms with Crippen LogP contribution in [0.25, 0.3) is 11.4 Å². The van der Waals surface area contributed by atoms with E-state index in [1.165, 1.54) is 5.56 Å². The number of anilines is 1. The molecule has 4 heterocycles. The molecule has 0 saturated carbocycles. The molecule has 1 N–H and O–H groups in total. The summed E-state index contributed by atoms with van der Waals surface area (Å²) in [4.78, 5) is 19.1. The van der Waals surface area contributed by atoms with Gasteiger partial charge in [0.05, 0.1) is 5.69 Å². The molecule has 2 aliphatic heterocycles. The van der Waals surface area contributed by atoms with E-state index in [2.05, 4.69) is 40.9 Å². The van der Waals surface area contributed by atoms with Crippen molar-refractivity contribution in [3.63, 3.8) is 0 Å². The van der Waals surface area contributed by atoms with Crippen LogP contribution in [0.4, 0.5) is 5.82 Å². The molecule has 0 atom stereocenters. The van der Waals surface area contributed by atoms with Crippen molar-refractivity contribution >= 4 is 5.82 Å². The predicted molar refractivity (Wildman–Crippen MR) is 104 cm³/mol. The third-order valence-electron chi connectivity index (χ3n) is 5.61. The molecular formula is C20H28N6. The molecule has 1 fully saturated rings. The fourth-order valence-corrected chi connectivity index (χ4v) is 4.19. The van der Waals surface area contributed by atoms with Crippen molar-refractivity contribution in [3.05, 3.63) is 35.8 Å². The van der Waals surface area contributed by atoms with Gasteiger partial charge in [0, 0.05) is 55.2 Å².